The van der Waals surface area contributed by atoms with Crippen molar-refractivity contribution in [3.63, 3.8) is 0 Å². The Balaban J connectivity index is 2.36. The number of hydrogen-bond donors (Lipinski definition) is 1. The van der Waals surface area contributed by atoms with Crippen LogP contribution in [0.4, 0.5) is 0 Å². The van der Waals surface area contributed by atoms with Crippen LogP contribution in [0.2, 0.25) is 0 Å². The summed E-state index contributed by atoms with van der Waals surface area (Å²) in [6, 6.07) is 0. The molecule has 2 nitrogen and oxygen atoms in total. The number of aromatic amines is 1. The Morgan fingerprint density at radius 3 is 2.46 bits per heavy atom. The molecule has 1 aliphatic heterocycles. The monoisotopic (exact) mass is 170 g/mol. The predicted molar refractivity (Wildman–Crippen MR) is 65.2 cm³/mol. The number of nitrogens with one attached hydrogen (secondary N) is 1. The number of nitrogens with zero attached hydrogens (tertiary/aromatic N) is 1. The van der Waals surface area contributed by atoms with Crippen LogP contribution in [-0.2, 0) is 5.41 Å². The van der Waals surface area contributed by atoms with Crippen molar-refractivity contribution < 1.29 is 0 Å². The molecule has 1 aromatic heterocycles. The van der Waals surface area contributed by atoms with E-state index in [0.29, 0.717) is 0 Å². The van der Waals surface area contributed by atoms with Gasteiger partial charge in [-0.05, 0) is 5.59 Å². The second-order valence-corrected chi connectivity index (χ2v) is 4.97. The summed E-state index contributed by atoms with van der Waals surface area (Å²) in [5.41, 5.74) is 2.87. The molecule has 2 rings (SSSR count). The fraction of sp³-hybridized carbons (Fsp3) is 0.571. The lowest BCUT2D eigenvalue weighted by Crippen LogP contribution is -2.49. The van der Waals surface area contributed by atoms with Crippen molar-refractivity contribution in [1.29, 1.82) is 0 Å². The summed E-state index contributed by atoms with van der Waals surface area (Å²) in [6.07, 6.45) is 0. The highest BCUT2D eigenvalue weighted by atomic mass is 14.9. The van der Waals surface area contributed by atoms with Gasteiger partial charge in [0.25, 0.3) is 0 Å². The topological polar surface area (TPSA) is 28.7 Å². The van der Waals surface area contributed by atoms with Crippen molar-refractivity contribution in [2.75, 3.05) is 0 Å². The maximum Gasteiger partial charge on any atom is 0.139 e. The molecule has 0 aliphatic carbocycles. The molecule has 0 saturated heterocycles. The van der Waals surface area contributed by atoms with E-state index < -0.39 is 0 Å². The van der Waals surface area contributed by atoms with E-state index in [2.05, 4.69) is 30.7 Å². The minimum absolute atomic E-state index is 0.164. The Hall–Kier alpha value is -0.530. The number of aromatic nitrogens is 2. The molecule has 0 unspecified atom stereocenters. The van der Waals surface area contributed by atoms with Gasteiger partial charge in [-0.25, -0.2) is 4.98 Å². The van der Waals surface area contributed by atoms with Crippen LogP contribution in [0.1, 0.15) is 26.6 Å². The van der Waals surface area contributed by atoms with Gasteiger partial charge >= 0.3 is 0 Å². The van der Waals surface area contributed by atoms with Crippen LogP contribution in [0, 0.1) is 0 Å². The van der Waals surface area contributed by atoms with Gasteiger partial charge in [-0.1, -0.05) is 20.8 Å². The summed E-state index contributed by atoms with van der Waals surface area (Å²) >= 11 is 0. The second kappa shape index (κ2) is 3.00. The molecular weight excluding hydrogens is 155 g/mol. The van der Waals surface area contributed by atoms with E-state index in [0.717, 1.165) is 5.82 Å². The molecule has 0 radical (unpaired) electrons. The number of fused-ring (bicyclic) bond motifs is 1. The zero-order valence-corrected chi connectivity index (χ0v) is 8.78. The third-order valence-electron chi connectivity index (χ3n) is 2.67. The van der Waals surface area contributed by atoms with Crippen LogP contribution in [-0.4, -0.2) is 38.4 Å². The average molecular weight is 169 g/mol. The second-order valence-electron chi connectivity index (χ2n) is 4.97. The molecule has 0 aromatic carbocycles. The summed E-state index contributed by atoms with van der Waals surface area (Å²) < 4.78 is 0. The van der Waals surface area contributed by atoms with E-state index in [-0.39, 0.29) is 5.41 Å². The minimum atomic E-state index is 0.164. The Bertz CT molecular complexity index is 291. The van der Waals surface area contributed by atoms with Gasteiger partial charge in [0.1, 0.15) is 20.2 Å². The van der Waals surface area contributed by atoms with Crippen molar-refractivity contribution in [3.05, 3.63) is 5.82 Å². The first-order valence-electron chi connectivity index (χ1n) is 5.15. The molecule has 0 fully saturated rings. The summed E-state index contributed by atoms with van der Waals surface area (Å²) in [5.74, 6) is 1.15. The van der Waals surface area contributed by atoms with Crippen molar-refractivity contribution in [1.82, 2.24) is 9.97 Å². The highest BCUT2D eigenvalue weighted by molar-refractivity contribution is 7.50. The maximum atomic E-state index is 4.67. The average Bonchev–Trinajstić information content (AvgIpc) is 2.45. The van der Waals surface area contributed by atoms with Crippen LogP contribution in [0.5, 0.6) is 0 Å². The van der Waals surface area contributed by atoms with Gasteiger partial charge in [0.2, 0.25) is 0 Å². The molecule has 0 saturated carbocycles. The molecule has 2 heterocycles. The normalized spacial score (nSPS) is 14.7. The third kappa shape index (κ3) is 1.72. The highest BCUT2D eigenvalue weighted by Gasteiger charge is 2.22. The Kier molecular flexibility index (Phi) is 2.09. The van der Waals surface area contributed by atoms with Gasteiger partial charge in [0.15, 0.2) is 0 Å². The van der Waals surface area contributed by atoms with Gasteiger partial charge in [-0.2, -0.15) is 0 Å². The van der Waals surface area contributed by atoms with Crippen molar-refractivity contribution in [3.8, 4) is 0 Å². The van der Waals surface area contributed by atoms with Gasteiger partial charge in [0, 0.05) is 11.0 Å². The molecule has 0 spiro atoms. The lowest BCUT2D eigenvalue weighted by molar-refractivity contribution is 0.554. The largest absolute Gasteiger partial charge is 0.356 e. The Morgan fingerprint density at radius 2 is 1.85 bits per heavy atom. The van der Waals surface area contributed by atoms with E-state index in [4.69, 9.17) is 0 Å². The fourth-order valence-corrected chi connectivity index (χ4v) is 1.81. The summed E-state index contributed by atoms with van der Waals surface area (Å²) in [5, 5.41) is 0. The molecule has 1 N–H and O–H groups in total. The smallest absolute Gasteiger partial charge is 0.139 e. The summed E-state index contributed by atoms with van der Waals surface area (Å²) in [4.78, 5) is 8.13. The third-order valence-corrected chi connectivity index (χ3v) is 2.67. The lowest BCUT2D eigenvalue weighted by atomic mass is 9.03. The quantitative estimate of drug-likeness (QED) is 0.426. The Morgan fingerprint density at radius 1 is 1.15 bits per heavy atom. The van der Waals surface area contributed by atoms with Crippen molar-refractivity contribution >= 4 is 39.6 Å². The van der Waals surface area contributed by atoms with E-state index in [1.807, 2.05) is 0 Å². The molecule has 0 amide bonds. The fourth-order valence-electron chi connectivity index (χ4n) is 1.81. The molecular formula is C7H14B4N2. The van der Waals surface area contributed by atoms with Crippen LogP contribution < -0.4 is 11.2 Å². The first-order valence-corrected chi connectivity index (χ1v) is 5.15. The number of H-pyrrole nitrogens is 1. The maximum absolute atomic E-state index is 4.67. The molecule has 0 atom stereocenters. The van der Waals surface area contributed by atoms with E-state index >= 15 is 0 Å². The Labute approximate surface area is 82.2 Å². The molecule has 6 heteroatoms. The first kappa shape index (κ1) is 9.04. The molecule has 13 heavy (non-hydrogen) atoms. The van der Waals surface area contributed by atoms with Crippen molar-refractivity contribution in [2.24, 2.45) is 0 Å². The summed E-state index contributed by atoms with van der Waals surface area (Å²) in [7, 11) is 4.99. The molecule has 64 valence electrons. The summed E-state index contributed by atoms with van der Waals surface area (Å²) in [6.45, 7) is 6.62. The van der Waals surface area contributed by atoms with E-state index in [1.54, 1.807) is 0 Å². The SMILES string of the molecule is CC(C)(C)c1nc2c([nH]1)BBBB2. The predicted octanol–water partition coefficient (Wildman–Crippen LogP) is -2.54. The van der Waals surface area contributed by atoms with Crippen LogP contribution in [0.15, 0.2) is 0 Å². The number of hydrogen-bond acceptors (Lipinski definition) is 1. The first-order chi connectivity index (χ1) is 6.07. The minimum Gasteiger partial charge on any atom is -0.356 e. The zero-order valence-electron chi connectivity index (χ0n) is 8.78. The van der Waals surface area contributed by atoms with E-state index in [9.17, 15) is 0 Å². The highest BCUT2D eigenvalue weighted by Crippen LogP contribution is 2.15. The van der Waals surface area contributed by atoms with Crippen LogP contribution in [0.25, 0.3) is 0 Å². The van der Waals surface area contributed by atoms with Gasteiger partial charge in [-0.15, -0.1) is 0 Å². The van der Waals surface area contributed by atoms with Crippen molar-refractivity contribution in [2.45, 2.75) is 26.2 Å². The molecule has 0 bridgehead atoms. The molecule has 1 aliphatic rings. The van der Waals surface area contributed by atoms with Gasteiger partial charge in [-0.3, -0.25) is 0 Å². The number of rotatable bonds is 0. The van der Waals surface area contributed by atoms with Gasteiger partial charge < -0.3 is 4.98 Å². The zero-order chi connectivity index (χ0) is 9.47. The van der Waals surface area contributed by atoms with Crippen LogP contribution in [0.3, 0.4) is 0 Å². The number of imidazole rings is 1. The van der Waals surface area contributed by atoms with Crippen LogP contribution >= 0.6 is 0 Å². The van der Waals surface area contributed by atoms with E-state index in [1.165, 1.54) is 39.6 Å². The standard InChI is InChI=1S/C7H14B4N2/c1-7(2,3)6-12-4-5(13-6)9-11-10-8-4/h8-11H,1-3H3,(H,12,13). The molecule has 1 aromatic rings. The lowest BCUT2D eigenvalue weighted by Gasteiger charge is -2.14. The van der Waals surface area contributed by atoms with Gasteiger partial charge in [0.05, 0.1) is 14.1 Å².